The summed E-state index contributed by atoms with van der Waals surface area (Å²) in [6, 6.07) is 10.0. The summed E-state index contributed by atoms with van der Waals surface area (Å²) in [5.74, 6) is -0.200. The van der Waals surface area contributed by atoms with Crippen LogP contribution in [-0.4, -0.2) is 47.1 Å². The molecule has 0 saturated heterocycles. The lowest BCUT2D eigenvalue weighted by atomic mass is 10.3. The first-order valence-corrected chi connectivity index (χ1v) is 10.0. The van der Waals surface area contributed by atoms with Gasteiger partial charge in [-0.1, -0.05) is 18.2 Å². The van der Waals surface area contributed by atoms with Gasteiger partial charge in [-0.25, -0.2) is 13.1 Å². The lowest BCUT2D eigenvalue weighted by Gasteiger charge is -2.21. The average molecular weight is 347 g/mol. The van der Waals surface area contributed by atoms with Gasteiger partial charge >= 0.3 is 0 Å². The van der Waals surface area contributed by atoms with E-state index >= 15 is 0 Å². The molecule has 1 amide bonds. The van der Waals surface area contributed by atoms with Crippen LogP contribution >= 0.6 is 0 Å². The van der Waals surface area contributed by atoms with E-state index in [-0.39, 0.29) is 24.1 Å². The minimum Gasteiger partial charge on any atom is -0.335 e. The van der Waals surface area contributed by atoms with Crippen LogP contribution in [0, 0.1) is 0 Å². The van der Waals surface area contributed by atoms with Crippen LogP contribution in [0.4, 0.5) is 0 Å². The third kappa shape index (κ3) is 4.44. The highest BCUT2D eigenvalue weighted by molar-refractivity contribution is 7.90. The third-order valence-electron chi connectivity index (χ3n) is 4.00. The number of rotatable bonds is 7. The zero-order valence-electron chi connectivity index (χ0n) is 13.6. The number of carbonyl (C=O) groups excluding carboxylic acids is 1. The summed E-state index contributed by atoms with van der Waals surface area (Å²) in [6.45, 7) is 0.472. The SMILES string of the molecule is CS(=O)(=O)CCC(=O)N(Cc1cnn(-c2ccccc2)c1)C1CC1. The van der Waals surface area contributed by atoms with E-state index in [9.17, 15) is 13.2 Å². The molecule has 7 heteroatoms. The minimum absolute atomic E-state index is 0.0438. The summed E-state index contributed by atoms with van der Waals surface area (Å²) in [4.78, 5) is 14.2. The van der Waals surface area contributed by atoms with Gasteiger partial charge in [-0.3, -0.25) is 4.79 Å². The Balaban J connectivity index is 1.68. The van der Waals surface area contributed by atoms with Crippen LogP contribution in [0.5, 0.6) is 0 Å². The van der Waals surface area contributed by atoms with Crippen molar-refractivity contribution in [3.05, 3.63) is 48.3 Å². The van der Waals surface area contributed by atoms with E-state index in [1.54, 1.807) is 15.8 Å². The summed E-state index contributed by atoms with van der Waals surface area (Å²) < 4.78 is 24.3. The second-order valence-electron chi connectivity index (χ2n) is 6.26. The molecule has 0 spiro atoms. The van der Waals surface area contributed by atoms with Gasteiger partial charge < -0.3 is 4.90 Å². The molecule has 1 heterocycles. The molecule has 0 unspecified atom stereocenters. The van der Waals surface area contributed by atoms with Gasteiger partial charge in [-0.05, 0) is 25.0 Å². The highest BCUT2D eigenvalue weighted by atomic mass is 32.2. The molecule has 6 nitrogen and oxygen atoms in total. The molecule has 128 valence electrons. The van der Waals surface area contributed by atoms with Crippen molar-refractivity contribution >= 4 is 15.7 Å². The van der Waals surface area contributed by atoms with E-state index in [0.29, 0.717) is 6.54 Å². The van der Waals surface area contributed by atoms with E-state index in [1.807, 2.05) is 36.5 Å². The zero-order valence-corrected chi connectivity index (χ0v) is 14.4. The Morgan fingerprint density at radius 1 is 1.29 bits per heavy atom. The lowest BCUT2D eigenvalue weighted by molar-refractivity contribution is -0.132. The number of hydrogen-bond acceptors (Lipinski definition) is 4. The molecule has 24 heavy (non-hydrogen) atoms. The van der Waals surface area contributed by atoms with Crippen molar-refractivity contribution < 1.29 is 13.2 Å². The predicted molar refractivity (Wildman–Crippen MR) is 91.5 cm³/mol. The Hall–Kier alpha value is -2.15. The van der Waals surface area contributed by atoms with Crippen molar-refractivity contribution in [3.63, 3.8) is 0 Å². The molecule has 1 fully saturated rings. The van der Waals surface area contributed by atoms with Crippen molar-refractivity contribution in [1.82, 2.24) is 14.7 Å². The number of aromatic nitrogens is 2. The molecule has 1 aromatic carbocycles. The molecule has 0 bridgehead atoms. The van der Waals surface area contributed by atoms with E-state index < -0.39 is 9.84 Å². The Morgan fingerprint density at radius 2 is 2.00 bits per heavy atom. The van der Waals surface area contributed by atoms with Crippen LogP contribution in [0.1, 0.15) is 24.8 Å². The van der Waals surface area contributed by atoms with E-state index in [2.05, 4.69) is 5.10 Å². The molecule has 1 aliphatic rings. The van der Waals surface area contributed by atoms with E-state index in [1.165, 1.54) is 0 Å². The van der Waals surface area contributed by atoms with Gasteiger partial charge in [0.15, 0.2) is 0 Å². The van der Waals surface area contributed by atoms with Gasteiger partial charge in [0.25, 0.3) is 0 Å². The summed E-state index contributed by atoms with van der Waals surface area (Å²) in [7, 11) is -3.13. The van der Waals surface area contributed by atoms with Crippen LogP contribution in [0.2, 0.25) is 0 Å². The topological polar surface area (TPSA) is 72.3 Å². The van der Waals surface area contributed by atoms with Crippen LogP contribution < -0.4 is 0 Å². The molecule has 0 aliphatic heterocycles. The number of benzene rings is 1. The smallest absolute Gasteiger partial charge is 0.224 e. The van der Waals surface area contributed by atoms with Crippen molar-refractivity contribution in [2.75, 3.05) is 12.0 Å². The van der Waals surface area contributed by atoms with Gasteiger partial charge in [-0.2, -0.15) is 5.10 Å². The Kier molecular flexibility index (Phi) is 4.71. The van der Waals surface area contributed by atoms with Crippen molar-refractivity contribution in [3.8, 4) is 5.69 Å². The fourth-order valence-corrected chi connectivity index (χ4v) is 3.13. The monoisotopic (exact) mass is 347 g/mol. The maximum absolute atomic E-state index is 12.4. The van der Waals surface area contributed by atoms with Gasteiger partial charge in [0, 0.05) is 37.0 Å². The Labute approximate surface area is 142 Å². The van der Waals surface area contributed by atoms with Gasteiger partial charge in [0.1, 0.15) is 9.84 Å². The second-order valence-corrected chi connectivity index (χ2v) is 8.52. The van der Waals surface area contributed by atoms with Crippen LogP contribution in [-0.2, 0) is 21.2 Å². The first kappa shape index (κ1) is 16.7. The summed E-state index contributed by atoms with van der Waals surface area (Å²) >= 11 is 0. The lowest BCUT2D eigenvalue weighted by Crippen LogP contribution is -2.33. The molecule has 1 saturated carbocycles. The fraction of sp³-hybridized carbons (Fsp3) is 0.412. The first-order valence-electron chi connectivity index (χ1n) is 7.98. The van der Waals surface area contributed by atoms with Crippen LogP contribution in [0.3, 0.4) is 0 Å². The molecule has 0 atom stereocenters. The summed E-state index contributed by atoms with van der Waals surface area (Å²) in [5, 5.41) is 4.35. The second kappa shape index (κ2) is 6.76. The molecular weight excluding hydrogens is 326 g/mol. The molecule has 0 N–H and O–H groups in total. The van der Waals surface area contributed by atoms with Crippen molar-refractivity contribution in [2.45, 2.75) is 31.8 Å². The Morgan fingerprint density at radius 3 is 2.62 bits per heavy atom. The Bertz CT molecular complexity index is 811. The molecule has 0 radical (unpaired) electrons. The largest absolute Gasteiger partial charge is 0.335 e. The minimum atomic E-state index is -3.13. The van der Waals surface area contributed by atoms with Crippen molar-refractivity contribution in [2.24, 2.45) is 0 Å². The highest BCUT2D eigenvalue weighted by Gasteiger charge is 2.32. The number of sulfone groups is 1. The molecule has 1 aromatic heterocycles. The van der Waals surface area contributed by atoms with Crippen LogP contribution in [0.15, 0.2) is 42.7 Å². The highest BCUT2D eigenvalue weighted by Crippen LogP contribution is 2.29. The number of hydrogen-bond donors (Lipinski definition) is 0. The zero-order chi connectivity index (χ0) is 17.2. The van der Waals surface area contributed by atoms with Gasteiger partial charge in [-0.15, -0.1) is 0 Å². The molecule has 1 aliphatic carbocycles. The summed E-state index contributed by atoms with van der Waals surface area (Å²) in [6.07, 6.45) is 6.84. The fourth-order valence-electron chi connectivity index (χ4n) is 2.58. The first-order chi connectivity index (χ1) is 11.4. The van der Waals surface area contributed by atoms with Gasteiger partial charge in [0.05, 0.1) is 17.6 Å². The maximum atomic E-state index is 12.4. The van der Waals surface area contributed by atoms with E-state index in [0.717, 1.165) is 30.3 Å². The van der Waals surface area contributed by atoms with E-state index in [4.69, 9.17) is 0 Å². The maximum Gasteiger partial charge on any atom is 0.224 e. The molecular formula is C17H21N3O3S. The predicted octanol–water partition coefficient (Wildman–Crippen LogP) is 1.80. The number of nitrogens with zero attached hydrogens (tertiary/aromatic N) is 3. The summed E-state index contributed by atoms with van der Waals surface area (Å²) in [5.41, 5.74) is 1.91. The number of carbonyl (C=O) groups is 1. The quantitative estimate of drug-likeness (QED) is 0.766. The molecule has 3 rings (SSSR count). The standard InChI is InChI=1S/C17H21N3O3S/c1-24(22,23)10-9-17(21)19(15-7-8-15)12-14-11-18-20(13-14)16-5-3-2-4-6-16/h2-6,11,13,15H,7-10,12H2,1H3. The average Bonchev–Trinajstić information content (AvgIpc) is 3.28. The number of para-hydroxylation sites is 1. The van der Waals surface area contributed by atoms with Crippen LogP contribution in [0.25, 0.3) is 5.69 Å². The van der Waals surface area contributed by atoms with Crippen molar-refractivity contribution in [1.29, 1.82) is 0 Å². The third-order valence-corrected chi connectivity index (χ3v) is 4.95. The molecule has 2 aromatic rings. The number of amides is 1. The normalized spacial score (nSPS) is 14.5. The van der Waals surface area contributed by atoms with Gasteiger partial charge in [0.2, 0.25) is 5.91 Å².